The van der Waals surface area contributed by atoms with Crippen molar-refractivity contribution >= 4 is 23.9 Å². The van der Waals surface area contributed by atoms with Crippen LogP contribution in [0.4, 0.5) is 10.5 Å². The van der Waals surface area contributed by atoms with E-state index < -0.39 is 6.03 Å². The number of nitrogens with one attached hydrogen (secondary N) is 3. The van der Waals surface area contributed by atoms with Crippen LogP contribution in [0.15, 0.2) is 48.7 Å². The number of carbonyl (C=O) groups is 3. The summed E-state index contributed by atoms with van der Waals surface area (Å²) in [5, 5.41) is 7.74. The van der Waals surface area contributed by atoms with Gasteiger partial charge in [-0.1, -0.05) is 12.1 Å². The third-order valence-corrected chi connectivity index (χ3v) is 2.88. The van der Waals surface area contributed by atoms with Crippen molar-refractivity contribution in [3.05, 3.63) is 59.9 Å². The molecule has 3 amide bonds. The Morgan fingerprint density at radius 3 is 2.70 bits per heavy atom. The maximum absolute atomic E-state index is 11.8. The number of benzene rings is 1. The SMILES string of the molecule is O=CCNC(=O)c1cccc(NC(=O)NCc2ccccn2)c1. The van der Waals surface area contributed by atoms with E-state index in [1.165, 1.54) is 6.07 Å². The highest BCUT2D eigenvalue weighted by molar-refractivity contribution is 5.97. The molecule has 118 valence electrons. The van der Waals surface area contributed by atoms with Gasteiger partial charge in [0.15, 0.2) is 0 Å². The van der Waals surface area contributed by atoms with Crippen molar-refractivity contribution in [1.82, 2.24) is 15.6 Å². The fourth-order valence-corrected chi connectivity index (χ4v) is 1.82. The van der Waals surface area contributed by atoms with E-state index in [4.69, 9.17) is 0 Å². The van der Waals surface area contributed by atoms with Gasteiger partial charge in [0.2, 0.25) is 0 Å². The highest BCUT2D eigenvalue weighted by Gasteiger charge is 2.07. The first-order chi connectivity index (χ1) is 11.2. The molecule has 1 aromatic carbocycles. The van der Waals surface area contributed by atoms with Gasteiger partial charge < -0.3 is 20.7 Å². The van der Waals surface area contributed by atoms with E-state index in [1.54, 1.807) is 36.5 Å². The molecule has 0 fully saturated rings. The molecule has 7 nitrogen and oxygen atoms in total. The lowest BCUT2D eigenvalue weighted by Crippen LogP contribution is -2.29. The highest BCUT2D eigenvalue weighted by Crippen LogP contribution is 2.10. The molecule has 7 heteroatoms. The largest absolute Gasteiger partial charge is 0.345 e. The number of aromatic nitrogens is 1. The normalized spacial score (nSPS) is 9.74. The average Bonchev–Trinajstić information content (AvgIpc) is 2.59. The Kier molecular flexibility index (Phi) is 5.81. The van der Waals surface area contributed by atoms with Gasteiger partial charge in [0.25, 0.3) is 5.91 Å². The van der Waals surface area contributed by atoms with Gasteiger partial charge >= 0.3 is 6.03 Å². The van der Waals surface area contributed by atoms with Crippen LogP contribution in [0.25, 0.3) is 0 Å². The lowest BCUT2D eigenvalue weighted by molar-refractivity contribution is -0.107. The van der Waals surface area contributed by atoms with Crippen molar-refractivity contribution in [1.29, 1.82) is 0 Å². The summed E-state index contributed by atoms with van der Waals surface area (Å²) in [7, 11) is 0. The second kappa shape index (κ2) is 8.28. The van der Waals surface area contributed by atoms with Crippen LogP contribution in [0.1, 0.15) is 16.1 Å². The van der Waals surface area contributed by atoms with Gasteiger partial charge in [0.1, 0.15) is 6.29 Å². The molecule has 0 atom stereocenters. The minimum atomic E-state index is -0.402. The van der Waals surface area contributed by atoms with Crippen LogP contribution in [0.3, 0.4) is 0 Å². The summed E-state index contributed by atoms with van der Waals surface area (Å²) >= 11 is 0. The molecular formula is C16H16N4O3. The van der Waals surface area contributed by atoms with Crippen molar-refractivity contribution in [3.8, 4) is 0 Å². The summed E-state index contributed by atoms with van der Waals surface area (Å²) in [5.74, 6) is -0.380. The van der Waals surface area contributed by atoms with E-state index in [-0.39, 0.29) is 12.5 Å². The van der Waals surface area contributed by atoms with Gasteiger partial charge in [0.05, 0.1) is 18.8 Å². The Morgan fingerprint density at radius 1 is 1.09 bits per heavy atom. The standard InChI is InChI=1S/C16H16N4O3/c21-9-8-18-15(22)12-4-3-6-13(10-12)20-16(23)19-11-14-5-1-2-7-17-14/h1-7,9-10H,8,11H2,(H,18,22)(H2,19,20,23). The molecule has 23 heavy (non-hydrogen) atoms. The van der Waals surface area contributed by atoms with E-state index in [0.717, 1.165) is 5.69 Å². The van der Waals surface area contributed by atoms with Crippen molar-refractivity contribution in [3.63, 3.8) is 0 Å². The Balaban J connectivity index is 1.90. The van der Waals surface area contributed by atoms with Gasteiger partial charge in [-0.05, 0) is 30.3 Å². The Morgan fingerprint density at radius 2 is 1.96 bits per heavy atom. The topological polar surface area (TPSA) is 100 Å². The van der Waals surface area contributed by atoms with Gasteiger partial charge in [0, 0.05) is 17.4 Å². The van der Waals surface area contributed by atoms with Crippen LogP contribution in [-0.2, 0) is 11.3 Å². The summed E-state index contributed by atoms with van der Waals surface area (Å²) in [6, 6.07) is 11.5. The molecule has 0 unspecified atom stereocenters. The van der Waals surface area contributed by atoms with E-state index in [9.17, 15) is 14.4 Å². The van der Waals surface area contributed by atoms with E-state index in [2.05, 4.69) is 20.9 Å². The maximum atomic E-state index is 11.8. The zero-order valence-electron chi connectivity index (χ0n) is 12.3. The molecule has 3 N–H and O–H groups in total. The monoisotopic (exact) mass is 312 g/mol. The average molecular weight is 312 g/mol. The van der Waals surface area contributed by atoms with E-state index in [1.807, 2.05) is 6.07 Å². The quantitative estimate of drug-likeness (QED) is 0.701. The number of hydrogen-bond acceptors (Lipinski definition) is 4. The molecule has 1 heterocycles. The van der Waals surface area contributed by atoms with Crippen LogP contribution < -0.4 is 16.0 Å². The molecule has 2 rings (SSSR count). The number of amides is 3. The smallest absolute Gasteiger partial charge is 0.319 e. The fourth-order valence-electron chi connectivity index (χ4n) is 1.82. The van der Waals surface area contributed by atoms with Crippen LogP contribution in [0.2, 0.25) is 0 Å². The van der Waals surface area contributed by atoms with E-state index >= 15 is 0 Å². The van der Waals surface area contributed by atoms with Crippen molar-refractivity contribution in [2.24, 2.45) is 0 Å². The van der Waals surface area contributed by atoms with Crippen molar-refractivity contribution in [2.45, 2.75) is 6.54 Å². The molecule has 0 aliphatic carbocycles. The third kappa shape index (κ3) is 5.24. The zero-order valence-corrected chi connectivity index (χ0v) is 12.3. The number of rotatable bonds is 6. The molecule has 0 aliphatic heterocycles. The Bertz CT molecular complexity index is 689. The fraction of sp³-hybridized carbons (Fsp3) is 0.125. The number of pyridine rings is 1. The lowest BCUT2D eigenvalue weighted by atomic mass is 10.2. The number of anilines is 1. The zero-order chi connectivity index (χ0) is 16.5. The molecule has 0 aliphatic rings. The summed E-state index contributed by atoms with van der Waals surface area (Å²) < 4.78 is 0. The van der Waals surface area contributed by atoms with Crippen LogP contribution in [-0.4, -0.2) is 29.8 Å². The van der Waals surface area contributed by atoms with Crippen molar-refractivity contribution in [2.75, 3.05) is 11.9 Å². The first-order valence-corrected chi connectivity index (χ1v) is 6.95. The predicted molar refractivity (Wildman–Crippen MR) is 84.9 cm³/mol. The summed E-state index contributed by atoms with van der Waals surface area (Å²) in [5.41, 5.74) is 1.57. The number of aldehydes is 1. The highest BCUT2D eigenvalue weighted by atomic mass is 16.2. The third-order valence-electron chi connectivity index (χ3n) is 2.88. The molecule has 2 aromatic rings. The minimum absolute atomic E-state index is 0.0545. The van der Waals surface area contributed by atoms with Gasteiger partial charge in [-0.2, -0.15) is 0 Å². The Labute approximate surface area is 133 Å². The van der Waals surface area contributed by atoms with Gasteiger partial charge in [-0.25, -0.2) is 4.79 Å². The second-order valence-electron chi connectivity index (χ2n) is 4.59. The maximum Gasteiger partial charge on any atom is 0.319 e. The molecule has 0 radical (unpaired) electrons. The number of urea groups is 1. The van der Waals surface area contributed by atoms with Crippen LogP contribution in [0, 0.1) is 0 Å². The van der Waals surface area contributed by atoms with E-state index in [0.29, 0.717) is 24.1 Å². The summed E-state index contributed by atoms with van der Waals surface area (Å²) in [4.78, 5) is 37.9. The lowest BCUT2D eigenvalue weighted by Gasteiger charge is -2.08. The summed E-state index contributed by atoms with van der Waals surface area (Å²) in [6.45, 7) is 0.243. The molecular weight excluding hydrogens is 296 g/mol. The van der Waals surface area contributed by atoms with Gasteiger partial charge in [-0.15, -0.1) is 0 Å². The molecule has 0 saturated carbocycles. The summed E-state index contributed by atoms with van der Waals surface area (Å²) in [6.07, 6.45) is 2.25. The first kappa shape index (κ1) is 16.2. The first-order valence-electron chi connectivity index (χ1n) is 6.95. The number of hydrogen-bond donors (Lipinski definition) is 3. The molecule has 0 saturated heterocycles. The molecule has 0 spiro atoms. The molecule has 0 bridgehead atoms. The van der Waals surface area contributed by atoms with Crippen LogP contribution in [0.5, 0.6) is 0 Å². The minimum Gasteiger partial charge on any atom is -0.345 e. The predicted octanol–water partition coefficient (Wildman–Crippen LogP) is 1.33. The molecule has 1 aromatic heterocycles. The number of carbonyl (C=O) groups excluding carboxylic acids is 3. The number of nitrogens with zero attached hydrogens (tertiary/aromatic N) is 1. The second-order valence-corrected chi connectivity index (χ2v) is 4.59. The van der Waals surface area contributed by atoms with Crippen molar-refractivity contribution < 1.29 is 14.4 Å². The van der Waals surface area contributed by atoms with Gasteiger partial charge in [-0.3, -0.25) is 9.78 Å². The Hall–Kier alpha value is -3.22. The van der Waals surface area contributed by atoms with Crippen LogP contribution >= 0.6 is 0 Å².